The molecule has 1 aliphatic carbocycles. The zero-order chi connectivity index (χ0) is 10.1. The molecule has 0 saturated carbocycles. The van der Waals surface area contributed by atoms with E-state index < -0.39 is 0 Å². The van der Waals surface area contributed by atoms with Gasteiger partial charge in [0.15, 0.2) is 5.13 Å². The molecule has 2 nitrogen and oxygen atoms in total. The van der Waals surface area contributed by atoms with E-state index in [0.717, 1.165) is 17.2 Å². The van der Waals surface area contributed by atoms with Gasteiger partial charge in [0.25, 0.3) is 0 Å². The summed E-state index contributed by atoms with van der Waals surface area (Å²) >= 11 is 1.79. The van der Waals surface area contributed by atoms with Crippen molar-refractivity contribution in [2.24, 2.45) is 0 Å². The molecular formula is C12H12N2S. The van der Waals surface area contributed by atoms with Gasteiger partial charge in [-0.25, -0.2) is 4.98 Å². The molecule has 0 bridgehead atoms. The van der Waals surface area contributed by atoms with Gasteiger partial charge in [-0.3, -0.25) is 0 Å². The molecule has 0 spiro atoms. The molecule has 1 aliphatic rings. The van der Waals surface area contributed by atoms with Crippen molar-refractivity contribution in [3.8, 4) is 0 Å². The van der Waals surface area contributed by atoms with Crippen molar-refractivity contribution in [1.29, 1.82) is 0 Å². The SMILES string of the molecule is c1ccc(Nc2nc3c(s2)CCC3)cc1. The Morgan fingerprint density at radius 2 is 2.00 bits per heavy atom. The molecule has 0 saturated heterocycles. The average Bonchev–Trinajstić information content (AvgIpc) is 2.79. The summed E-state index contributed by atoms with van der Waals surface area (Å²) in [4.78, 5) is 6.06. The van der Waals surface area contributed by atoms with Crippen LogP contribution in [-0.4, -0.2) is 4.98 Å². The summed E-state index contributed by atoms with van der Waals surface area (Å²) in [7, 11) is 0. The molecule has 0 atom stereocenters. The standard InChI is InChI=1S/C12H12N2S/c1-2-5-9(6-3-1)13-12-14-10-7-4-8-11(10)15-12/h1-3,5-6H,4,7-8H2,(H,13,14). The predicted octanol–water partition coefficient (Wildman–Crippen LogP) is 3.38. The lowest BCUT2D eigenvalue weighted by molar-refractivity contribution is 0.900. The monoisotopic (exact) mass is 216 g/mol. The number of hydrogen-bond acceptors (Lipinski definition) is 3. The van der Waals surface area contributed by atoms with Gasteiger partial charge in [-0.1, -0.05) is 18.2 Å². The Bertz CT molecular complexity index is 440. The number of aryl methyl sites for hydroxylation is 2. The van der Waals surface area contributed by atoms with Crippen LogP contribution in [0.4, 0.5) is 10.8 Å². The first-order valence-corrected chi connectivity index (χ1v) is 6.04. The zero-order valence-electron chi connectivity index (χ0n) is 8.36. The minimum Gasteiger partial charge on any atom is -0.332 e. The van der Waals surface area contributed by atoms with Crippen LogP contribution in [-0.2, 0) is 12.8 Å². The molecule has 1 heterocycles. The van der Waals surface area contributed by atoms with Gasteiger partial charge < -0.3 is 5.32 Å². The Morgan fingerprint density at radius 1 is 1.13 bits per heavy atom. The first kappa shape index (κ1) is 8.92. The Morgan fingerprint density at radius 3 is 2.80 bits per heavy atom. The first-order valence-electron chi connectivity index (χ1n) is 5.22. The maximum atomic E-state index is 4.59. The van der Waals surface area contributed by atoms with E-state index >= 15 is 0 Å². The fraction of sp³-hybridized carbons (Fsp3) is 0.250. The van der Waals surface area contributed by atoms with E-state index in [4.69, 9.17) is 0 Å². The second kappa shape index (κ2) is 3.66. The van der Waals surface area contributed by atoms with Crippen LogP contribution in [0.3, 0.4) is 0 Å². The molecule has 0 fully saturated rings. The number of para-hydroxylation sites is 1. The summed E-state index contributed by atoms with van der Waals surface area (Å²) in [6, 6.07) is 10.2. The summed E-state index contributed by atoms with van der Waals surface area (Å²) in [5, 5.41) is 4.37. The molecule has 3 rings (SSSR count). The van der Waals surface area contributed by atoms with Crippen molar-refractivity contribution in [2.45, 2.75) is 19.3 Å². The number of anilines is 2. The minimum absolute atomic E-state index is 1.03. The van der Waals surface area contributed by atoms with Gasteiger partial charge in [0.2, 0.25) is 0 Å². The van der Waals surface area contributed by atoms with Crippen LogP contribution >= 0.6 is 11.3 Å². The van der Waals surface area contributed by atoms with Crippen molar-refractivity contribution >= 4 is 22.2 Å². The van der Waals surface area contributed by atoms with Gasteiger partial charge in [0.1, 0.15) is 0 Å². The van der Waals surface area contributed by atoms with Crippen LogP contribution in [0.15, 0.2) is 30.3 Å². The number of thiazole rings is 1. The van der Waals surface area contributed by atoms with Crippen LogP contribution in [0.5, 0.6) is 0 Å². The summed E-state index contributed by atoms with van der Waals surface area (Å²) < 4.78 is 0. The molecule has 0 amide bonds. The third-order valence-electron chi connectivity index (χ3n) is 2.62. The number of fused-ring (bicyclic) bond motifs is 1. The number of nitrogens with one attached hydrogen (secondary N) is 1. The van der Waals surface area contributed by atoms with E-state index in [-0.39, 0.29) is 0 Å². The van der Waals surface area contributed by atoms with E-state index in [2.05, 4.69) is 22.4 Å². The van der Waals surface area contributed by atoms with Crippen molar-refractivity contribution in [3.63, 3.8) is 0 Å². The Balaban J connectivity index is 1.83. The van der Waals surface area contributed by atoms with Crippen LogP contribution in [0.1, 0.15) is 17.0 Å². The molecular weight excluding hydrogens is 204 g/mol. The number of aromatic nitrogens is 1. The maximum absolute atomic E-state index is 4.59. The van der Waals surface area contributed by atoms with Gasteiger partial charge in [-0.15, -0.1) is 11.3 Å². The van der Waals surface area contributed by atoms with E-state index in [1.165, 1.54) is 23.4 Å². The number of benzene rings is 1. The van der Waals surface area contributed by atoms with E-state index in [1.54, 1.807) is 11.3 Å². The fourth-order valence-corrected chi connectivity index (χ4v) is 2.96. The van der Waals surface area contributed by atoms with Crippen molar-refractivity contribution < 1.29 is 0 Å². The quantitative estimate of drug-likeness (QED) is 0.832. The Kier molecular flexibility index (Phi) is 2.18. The molecule has 0 unspecified atom stereocenters. The zero-order valence-corrected chi connectivity index (χ0v) is 9.18. The van der Waals surface area contributed by atoms with Crippen LogP contribution in [0.2, 0.25) is 0 Å². The van der Waals surface area contributed by atoms with Gasteiger partial charge in [0.05, 0.1) is 5.69 Å². The predicted molar refractivity (Wildman–Crippen MR) is 63.9 cm³/mol. The molecule has 2 aromatic rings. The molecule has 76 valence electrons. The third-order valence-corrected chi connectivity index (χ3v) is 3.69. The highest BCUT2D eigenvalue weighted by molar-refractivity contribution is 7.15. The van der Waals surface area contributed by atoms with Gasteiger partial charge in [-0.05, 0) is 31.4 Å². The molecule has 1 aromatic heterocycles. The second-order valence-electron chi connectivity index (χ2n) is 3.73. The Labute approximate surface area is 93.0 Å². The number of nitrogens with zero attached hydrogens (tertiary/aromatic N) is 1. The third kappa shape index (κ3) is 1.75. The van der Waals surface area contributed by atoms with Crippen molar-refractivity contribution in [2.75, 3.05) is 5.32 Å². The highest BCUT2D eigenvalue weighted by Gasteiger charge is 2.16. The highest BCUT2D eigenvalue weighted by atomic mass is 32.1. The molecule has 1 N–H and O–H groups in total. The fourth-order valence-electron chi connectivity index (χ4n) is 1.89. The van der Waals surface area contributed by atoms with Gasteiger partial charge in [-0.2, -0.15) is 0 Å². The summed E-state index contributed by atoms with van der Waals surface area (Å²) in [5.74, 6) is 0. The molecule has 1 aromatic carbocycles. The lowest BCUT2D eigenvalue weighted by atomic mass is 10.3. The van der Waals surface area contributed by atoms with Gasteiger partial charge in [0, 0.05) is 10.6 Å². The molecule has 3 heteroatoms. The second-order valence-corrected chi connectivity index (χ2v) is 4.82. The number of rotatable bonds is 2. The lowest BCUT2D eigenvalue weighted by Gasteiger charge is -2.00. The van der Waals surface area contributed by atoms with Crippen molar-refractivity contribution in [3.05, 3.63) is 40.9 Å². The smallest absolute Gasteiger partial charge is 0.187 e. The molecule has 0 radical (unpaired) electrons. The van der Waals surface area contributed by atoms with E-state index in [0.29, 0.717) is 0 Å². The van der Waals surface area contributed by atoms with Crippen molar-refractivity contribution in [1.82, 2.24) is 4.98 Å². The topological polar surface area (TPSA) is 24.9 Å². The molecule has 15 heavy (non-hydrogen) atoms. The average molecular weight is 216 g/mol. The van der Waals surface area contributed by atoms with Crippen LogP contribution < -0.4 is 5.32 Å². The van der Waals surface area contributed by atoms with Crippen LogP contribution in [0, 0.1) is 0 Å². The largest absolute Gasteiger partial charge is 0.332 e. The molecule has 0 aliphatic heterocycles. The van der Waals surface area contributed by atoms with Gasteiger partial charge >= 0.3 is 0 Å². The first-order chi connectivity index (χ1) is 7.42. The minimum atomic E-state index is 1.03. The lowest BCUT2D eigenvalue weighted by Crippen LogP contribution is -1.89. The van der Waals surface area contributed by atoms with E-state index in [9.17, 15) is 0 Å². The van der Waals surface area contributed by atoms with Crippen LogP contribution in [0.25, 0.3) is 0 Å². The normalized spacial score (nSPS) is 13.9. The summed E-state index contributed by atoms with van der Waals surface area (Å²) in [6.45, 7) is 0. The highest BCUT2D eigenvalue weighted by Crippen LogP contribution is 2.31. The Hall–Kier alpha value is -1.35. The maximum Gasteiger partial charge on any atom is 0.187 e. The number of hydrogen-bond donors (Lipinski definition) is 1. The van der Waals surface area contributed by atoms with E-state index in [1.807, 2.05) is 18.2 Å². The summed E-state index contributed by atoms with van der Waals surface area (Å²) in [5.41, 5.74) is 2.42. The summed E-state index contributed by atoms with van der Waals surface area (Å²) in [6.07, 6.45) is 3.64.